The van der Waals surface area contributed by atoms with Crippen molar-refractivity contribution in [1.29, 1.82) is 0 Å². The first-order chi connectivity index (χ1) is 14.9. The first-order valence-electron chi connectivity index (χ1n) is 9.08. The maximum Gasteiger partial charge on any atom is 0.337 e. The van der Waals surface area contributed by atoms with Crippen LogP contribution >= 0.6 is 0 Å². The number of ether oxygens (including phenoxy) is 2. The molecule has 0 bridgehead atoms. The summed E-state index contributed by atoms with van der Waals surface area (Å²) in [7, 11) is 2.83. The third-order valence-corrected chi connectivity index (χ3v) is 4.66. The number of rotatable bonds is 5. The molecule has 0 aliphatic heterocycles. The van der Waals surface area contributed by atoms with Crippen molar-refractivity contribution in [3.63, 3.8) is 0 Å². The second kappa shape index (κ2) is 7.75. The van der Waals surface area contributed by atoms with E-state index in [2.05, 4.69) is 19.7 Å². The van der Waals surface area contributed by atoms with E-state index in [9.17, 15) is 14.4 Å². The monoisotopic (exact) mass is 419 g/mol. The minimum absolute atomic E-state index is 0.113. The van der Waals surface area contributed by atoms with Crippen LogP contribution in [-0.4, -0.2) is 45.6 Å². The Kier molecular flexibility index (Phi) is 4.96. The minimum atomic E-state index is -0.809. The highest BCUT2D eigenvalue weighted by Crippen LogP contribution is 2.24. The fourth-order valence-electron chi connectivity index (χ4n) is 3.14. The average molecular weight is 419 g/mol. The van der Waals surface area contributed by atoms with Gasteiger partial charge in [0.25, 0.3) is 5.91 Å². The summed E-state index contributed by atoms with van der Waals surface area (Å²) >= 11 is 0. The summed E-state index contributed by atoms with van der Waals surface area (Å²) < 4.78 is 11.1. The van der Waals surface area contributed by atoms with E-state index < -0.39 is 17.6 Å². The van der Waals surface area contributed by atoms with Crippen LogP contribution in [0.2, 0.25) is 0 Å². The molecule has 4 aromatic rings. The zero-order valence-corrected chi connectivity index (χ0v) is 16.6. The number of hydrogen-bond acceptors (Lipinski definition) is 7. The quantitative estimate of drug-likeness (QED) is 0.469. The normalized spacial score (nSPS) is 10.8. The number of methoxy groups -OCH3 is 2. The Morgan fingerprint density at radius 3 is 2.26 bits per heavy atom. The Labute approximate surface area is 175 Å². The number of primary amides is 1. The van der Waals surface area contributed by atoms with Crippen molar-refractivity contribution < 1.29 is 19.1 Å². The van der Waals surface area contributed by atoms with Crippen molar-refractivity contribution >= 4 is 23.0 Å². The third-order valence-electron chi connectivity index (χ3n) is 4.66. The zero-order valence-electron chi connectivity index (χ0n) is 16.6. The van der Waals surface area contributed by atoms with Crippen molar-refractivity contribution in [2.24, 2.45) is 5.73 Å². The highest BCUT2D eigenvalue weighted by atomic mass is 16.5. The number of carbonyl (C=O) groups is 2. The van der Waals surface area contributed by atoms with Crippen LogP contribution in [0.5, 0.6) is 5.75 Å². The summed E-state index contributed by atoms with van der Waals surface area (Å²) in [4.78, 5) is 47.8. The smallest absolute Gasteiger partial charge is 0.337 e. The number of amides is 1. The average Bonchev–Trinajstić information content (AvgIpc) is 3.13. The van der Waals surface area contributed by atoms with Gasteiger partial charge in [0.1, 0.15) is 11.3 Å². The standard InChI is InChI=1S/C21H17N5O5/c1-30-14-9-5-11(6-10-14)18-23-15(17(22)27)16-19(25-18)26(21(29)24-16)13-7-3-12(4-8-13)20(28)31-2/h3-10H,1-2H3,(H2,22,27)(H,24,29). The lowest BCUT2D eigenvalue weighted by atomic mass is 10.2. The molecule has 0 saturated heterocycles. The van der Waals surface area contributed by atoms with Gasteiger partial charge in [0, 0.05) is 5.56 Å². The van der Waals surface area contributed by atoms with E-state index in [1.54, 1.807) is 43.5 Å². The van der Waals surface area contributed by atoms with Crippen molar-refractivity contribution in [3.8, 4) is 22.8 Å². The molecule has 0 aliphatic carbocycles. The Morgan fingerprint density at radius 2 is 1.68 bits per heavy atom. The molecule has 2 aromatic heterocycles. The molecule has 0 atom stereocenters. The number of H-pyrrole nitrogens is 1. The maximum atomic E-state index is 12.7. The summed E-state index contributed by atoms with van der Waals surface area (Å²) in [5.41, 5.74) is 6.50. The molecule has 156 valence electrons. The molecule has 1 amide bonds. The zero-order chi connectivity index (χ0) is 22.1. The third kappa shape index (κ3) is 3.50. The second-order valence-electron chi connectivity index (χ2n) is 6.49. The van der Waals surface area contributed by atoms with Crippen LogP contribution in [0.1, 0.15) is 20.8 Å². The van der Waals surface area contributed by atoms with Crippen LogP contribution in [0.15, 0.2) is 53.3 Å². The van der Waals surface area contributed by atoms with Crippen LogP contribution in [0.4, 0.5) is 0 Å². The lowest BCUT2D eigenvalue weighted by Crippen LogP contribution is -2.15. The molecule has 10 heteroatoms. The van der Waals surface area contributed by atoms with E-state index in [0.717, 1.165) is 0 Å². The van der Waals surface area contributed by atoms with E-state index in [1.807, 2.05) is 0 Å². The second-order valence-corrected chi connectivity index (χ2v) is 6.49. The van der Waals surface area contributed by atoms with Gasteiger partial charge in [0.2, 0.25) is 0 Å². The van der Waals surface area contributed by atoms with Crippen LogP contribution < -0.4 is 16.2 Å². The number of esters is 1. The molecule has 10 nitrogen and oxygen atoms in total. The van der Waals surface area contributed by atoms with E-state index in [1.165, 1.54) is 23.8 Å². The van der Waals surface area contributed by atoms with Gasteiger partial charge >= 0.3 is 11.7 Å². The van der Waals surface area contributed by atoms with Gasteiger partial charge in [-0.3, -0.25) is 4.79 Å². The van der Waals surface area contributed by atoms with Gasteiger partial charge in [-0.15, -0.1) is 0 Å². The Bertz CT molecular complexity index is 1350. The van der Waals surface area contributed by atoms with Gasteiger partial charge in [-0.2, -0.15) is 0 Å². The number of imidazole rings is 1. The first kappa shape index (κ1) is 19.8. The number of carbonyl (C=O) groups excluding carboxylic acids is 2. The van der Waals surface area contributed by atoms with Gasteiger partial charge in [0.05, 0.1) is 25.5 Å². The Balaban J connectivity index is 1.93. The van der Waals surface area contributed by atoms with Crippen molar-refractivity contribution in [3.05, 3.63) is 70.3 Å². The van der Waals surface area contributed by atoms with Gasteiger partial charge in [-0.25, -0.2) is 24.1 Å². The number of nitrogens with two attached hydrogens (primary N) is 1. The van der Waals surface area contributed by atoms with E-state index in [4.69, 9.17) is 10.5 Å². The van der Waals surface area contributed by atoms with Crippen molar-refractivity contribution in [1.82, 2.24) is 19.5 Å². The SMILES string of the molecule is COC(=O)c1ccc(-n2c(=O)[nH]c3c(C(N)=O)nc(-c4ccc(OC)cc4)nc32)cc1. The summed E-state index contributed by atoms with van der Waals surface area (Å²) in [5, 5.41) is 0. The van der Waals surface area contributed by atoms with Crippen molar-refractivity contribution in [2.45, 2.75) is 0 Å². The van der Waals surface area contributed by atoms with Gasteiger partial charge < -0.3 is 20.2 Å². The first-order valence-corrected chi connectivity index (χ1v) is 9.08. The van der Waals surface area contributed by atoms with Gasteiger partial charge in [-0.05, 0) is 48.5 Å². The highest BCUT2D eigenvalue weighted by Gasteiger charge is 2.20. The number of aromatic amines is 1. The molecule has 2 aromatic carbocycles. The summed E-state index contributed by atoms with van der Waals surface area (Å²) in [6, 6.07) is 13.1. The van der Waals surface area contributed by atoms with Crippen LogP contribution in [0.3, 0.4) is 0 Å². The Morgan fingerprint density at radius 1 is 1.00 bits per heavy atom. The van der Waals surface area contributed by atoms with E-state index >= 15 is 0 Å². The molecule has 0 aliphatic rings. The molecule has 3 N–H and O–H groups in total. The fraction of sp³-hybridized carbons (Fsp3) is 0.0952. The summed E-state index contributed by atoms with van der Waals surface area (Å²) in [6.07, 6.45) is 0. The van der Waals surface area contributed by atoms with E-state index in [-0.39, 0.29) is 22.7 Å². The highest BCUT2D eigenvalue weighted by molar-refractivity contribution is 6.02. The molecule has 0 unspecified atom stereocenters. The Hall–Kier alpha value is -4.47. The molecular formula is C21H17N5O5. The van der Waals surface area contributed by atoms with Gasteiger partial charge in [0.15, 0.2) is 17.2 Å². The number of benzene rings is 2. The summed E-state index contributed by atoms with van der Waals surface area (Å²) in [5.74, 6) is -0.457. The van der Waals surface area contributed by atoms with Crippen molar-refractivity contribution in [2.75, 3.05) is 14.2 Å². The van der Waals surface area contributed by atoms with Crippen LogP contribution in [0.25, 0.3) is 28.2 Å². The lowest BCUT2D eigenvalue weighted by molar-refractivity contribution is 0.0600. The number of aromatic nitrogens is 4. The topological polar surface area (TPSA) is 142 Å². The molecule has 0 spiro atoms. The number of hydrogen-bond donors (Lipinski definition) is 2. The number of nitrogens with zero attached hydrogens (tertiary/aromatic N) is 3. The number of fused-ring (bicyclic) bond motifs is 1. The molecule has 4 rings (SSSR count). The molecule has 31 heavy (non-hydrogen) atoms. The summed E-state index contributed by atoms with van der Waals surface area (Å²) in [6.45, 7) is 0. The molecular weight excluding hydrogens is 402 g/mol. The van der Waals surface area contributed by atoms with Crippen LogP contribution in [0, 0.1) is 0 Å². The largest absolute Gasteiger partial charge is 0.497 e. The molecule has 0 saturated carbocycles. The minimum Gasteiger partial charge on any atom is -0.497 e. The molecule has 0 radical (unpaired) electrons. The predicted molar refractivity (Wildman–Crippen MR) is 111 cm³/mol. The lowest BCUT2D eigenvalue weighted by Gasteiger charge is -2.07. The van der Waals surface area contributed by atoms with E-state index in [0.29, 0.717) is 22.6 Å². The predicted octanol–water partition coefficient (Wildman–Crippen LogP) is 1.67. The number of nitrogens with one attached hydrogen (secondary N) is 1. The molecule has 0 fully saturated rings. The molecule has 2 heterocycles. The maximum absolute atomic E-state index is 12.7. The van der Waals surface area contributed by atoms with Crippen LogP contribution in [-0.2, 0) is 4.74 Å². The van der Waals surface area contributed by atoms with Gasteiger partial charge in [-0.1, -0.05) is 0 Å². The fourth-order valence-corrected chi connectivity index (χ4v) is 3.14.